The van der Waals surface area contributed by atoms with Gasteiger partial charge in [-0.25, -0.2) is 0 Å². The standard InChI is InChI=1S/C14H20BNO4/c17-15(18)11-7-13(9-16-8-11)19-10-12-3-6-14(20-12)4-1-2-5-14/h7-9,12,17-18H,1-6,10H2. The van der Waals surface area contributed by atoms with E-state index in [9.17, 15) is 0 Å². The number of nitrogens with zero attached hydrogens (tertiary/aromatic N) is 1. The summed E-state index contributed by atoms with van der Waals surface area (Å²) in [5.74, 6) is 0.548. The van der Waals surface area contributed by atoms with Crippen LogP contribution in [0.1, 0.15) is 38.5 Å². The second-order valence-electron chi connectivity index (χ2n) is 5.81. The Labute approximate surface area is 119 Å². The molecule has 0 aromatic carbocycles. The lowest BCUT2D eigenvalue weighted by atomic mass is 9.82. The van der Waals surface area contributed by atoms with E-state index in [0.717, 1.165) is 12.8 Å². The predicted molar refractivity (Wildman–Crippen MR) is 74.9 cm³/mol. The molecule has 0 bridgehead atoms. The van der Waals surface area contributed by atoms with E-state index in [1.807, 2.05) is 0 Å². The van der Waals surface area contributed by atoms with Crippen LogP contribution in [0.4, 0.5) is 0 Å². The highest BCUT2D eigenvalue weighted by molar-refractivity contribution is 6.58. The Morgan fingerprint density at radius 1 is 1.30 bits per heavy atom. The molecule has 1 aromatic heterocycles. The smallest absolute Gasteiger partial charge is 0.489 e. The Morgan fingerprint density at radius 3 is 2.85 bits per heavy atom. The SMILES string of the molecule is OB(O)c1cncc(OCC2CCC3(CCCC3)O2)c1. The van der Waals surface area contributed by atoms with E-state index in [1.54, 1.807) is 12.3 Å². The monoisotopic (exact) mass is 277 g/mol. The summed E-state index contributed by atoms with van der Waals surface area (Å²) in [5, 5.41) is 18.2. The fourth-order valence-corrected chi connectivity index (χ4v) is 3.24. The Balaban J connectivity index is 1.54. The van der Waals surface area contributed by atoms with Gasteiger partial charge in [-0.05, 0) is 31.7 Å². The number of hydrogen-bond donors (Lipinski definition) is 2. The van der Waals surface area contributed by atoms with Gasteiger partial charge in [0, 0.05) is 11.7 Å². The molecule has 0 radical (unpaired) electrons. The summed E-state index contributed by atoms with van der Waals surface area (Å²) in [6.45, 7) is 0.494. The van der Waals surface area contributed by atoms with E-state index in [2.05, 4.69) is 4.98 Å². The number of hydrogen-bond acceptors (Lipinski definition) is 5. The maximum atomic E-state index is 9.10. The minimum atomic E-state index is -1.52. The molecule has 1 aromatic rings. The van der Waals surface area contributed by atoms with E-state index in [0.29, 0.717) is 17.8 Å². The fraction of sp³-hybridized carbons (Fsp3) is 0.643. The van der Waals surface area contributed by atoms with Gasteiger partial charge in [-0.3, -0.25) is 4.98 Å². The molecule has 0 amide bonds. The van der Waals surface area contributed by atoms with Gasteiger partial charge in [0.05, 0.1) is 17.9 Å². The minimum absolute atomic E-state index is 0.120. The molecule has 1 aliphatic carbocycles. The summed E-state index contributed by atoms with van der Waals surface area (Å²) in [4.78, 5) is 3.94. The molecule has 2 aliphatic rings. The van der Waals surface area contributed by atoms with Crippen LogP contribution in [-0.4, -0.2) is 40.5 Å². The molecule has 2 N–H and O–H groups in total. The zero-order chi connectivity index (χ0) is 14.0. The number of ether oxygens (including phenoxy) is 2. The van der Waals surface area contributed by atoms with Crippen molar-refractivity contribution >= 4 is 12.6 Å². The maximum Gasteiger partial charge on any atom is 0.490 e. The van der Waals surface area contributed by atoms with Crippen molar-refractivity contribution in [2.75, 3.05) is 6.61 Å². The Morgan fingerprint density at radius 2 is 2.10 bits per heavy atom. The van der Waals surface area contributed by atoms with E-state index < -0.39 is 7.12 Å². The zero-order valence-corrected chi connectivity index (χ0v) is 11.5. The molecule has 108 valence electrons. The van der Waals surface area contributed by atoms with Crippen molar-refractivity contribution in [2.45, 2.75) is 50.2 Å². The van der Waals surface area contributed by atoms with E-state index >= 15 is 0 Å². The molecule has 1 spiro atoms. The molecule has 5 nitrogen and oxygen atoms in total. The molecule has 6 heteroatoms. The molecule has 1 saturated carbocycles. The largest absolute Gasteiger partial charge is 0.490 e. The van der Waals surface area contributed by atoms with Crippen molar-refractivity contribution in [3.63, 3.8) is 0 Å². The molecule has 1 unspecified atom stereocenters. The van der Waals surface area contributed by atoms with Crippen LogP contribution in [0.15, 0.2) is 18.5 Å². The normalized spacial score (nSPS) is 24.2. The van der Waals surface area contributed by atoms with E-state index in [-0.39, 0.29) is 11.7 Å². The van der Waals surface area contributed by atoms with Crippen LogP contribution in [0.2, 0.25) is 0 Å². The number of rotatable bonds is 4. The summed E-state index contributed by atoms with van der Waals surface area (Å²) in [6, 6.07) is 1.60. The van der Waals surface area contributed by atoms with Crippen LogP contribution in [0.5, 0.6) is 5.75 Å². The topological polar surface area (TPSA) is 71.8 Å². The lowest BCUT2D eigenvalue weighted by Gasteiger charge is -2.23. The lowest BCUT2D eigenvalue weighted by molar-refractivity contribution is -0.0509. The van der Waals surface area contributed by atoms with Gasteiger partial charge in [0.1, 0.15) is 12.4 Å². The molecule has 20 heavy (non-hydrogen) atoms. The average molecular weight is 277 g/mol. The first-order valence-electron chi connectivity index (χ1n) is 7.29. The summed E-state index contributed by atoms with van der Waals surface area (Å²) in [5.41, 5.74) is 0.456. The minimum Gasteiger partial charge on any atom is -0.489 e. The Bertz CT molecular complexity index is 462. The second-order valence-corrected chi connectivity index (χ2v) is 5.81. The third kappa shape index (κ3) is 2.97. The molecule has 2 heterocycles. The lowest BCUT2D eigenvalue weighted by Crippen LogP contribution is -2.30. The van der Waals surface area contributed by atoms with Gasteiger partial charge in [-0.15, -0.1) is 0 Å². The van der Waals surface area contributed by atoms with Crippen molar-refractivity contribution in [2.24, 2.45) is 0 Å². The van der Waals surface area contributed by atoms with Crippen LogP contribution >= 0.6 is 0 Å². The fourth-order valence-electron chi connectivity index (χ4n) is 3.24. The van der Waals surface area contributed by atoms with Gasteiger partial charge in [0.25, 0.3) is 0 Å². The Kier molecular flexibility index (Phi) is 3.96. The number of pyridine rings is 1. The molecule has 1 saturated heterocycles. The van der Waals surface area contributed by atoms with Crippen LogP contribution in [0.3, 0.4) is 0 Å². The zero-order valence-electron chi connectivity index (χ0n) is 11.5. The highest BCUT2D eigenvalue weighted by Gasteiger charge is 2.42. The summed E-state index contributed by atoms with van der Waals surface area (Å²) in [7, 11) is -1.52. The van der Waals surface area contributed by atoms with Gasteiger partial charge in [0.15, 0.2) is 0 Å². The van der Waals surface area contributed by atoms with Crippen molar-refractivity contribution < 1.29 is 19.5 Å². The molecular formula is C14H20BNO4. The van der Waals surface area contributed by atoms with Gasteiger partial charge in [0.2, 0.25) is 0 Å². The third-order valence-electron chi connectivity index (χ3n) is 4.32. The first-order valence-corrected chi connectivity index (χ1v) is 7.29. The van der Waals surface area contributed by atoms with Crippen LogP contribution in [0, 0.1) is 0 Å². The third-order valence-corrected chi connectivity index (χ3v) is 4.32. The van der Waals surface area contributed by atoms with Crippen molar-refractivity contribution in [3.8, 4) is 5.75 Å². The summed E-state index contributed by atoms with van der Waals surface area (Å²) in [6.07, 6.45) is 10.2. The van der Waals surface area contributed by atoms with Crippen LogP contribution < -0.4 is 10.2 Å². The predicted octanol–water partition coefficient (Wildman–Crippen LogP) is 0.632. The second kappa shape index (κ2) is 5.72. The maximum absolute atomic E-state index is 9.10. The first kappa shape index (κ1) is 13.9. The van der Waals surface area contributed by atoms with Crippen molar-refractivity contribution in [3.05, 3.63) is 18.5 Å². The van der Waals surface area contributed by atoms with Gasteiger partial charge in [-0.1, -0.05) is 12.8 Å². The average Bonchev–Trinajstić information content (AvgIpc) is 3.08. The molecule has 1 aliphatic heterocycles. The Hall–Kier alpha value is -1.11. The van der Waals surface area contributed by atoms with Gasteiger partial charge >= 0.3 is 7.12 Å². The number of aromatic nitrogens is 1. The van der Waals surface area contributed by atoms with E-state index in [4.69, 9.17) is 19.5 Å². The molecule has 2 fully saturated rings. The molecular weight excluding hydrogens is 257 g/mol. The van der Waals surface area contributed by atoms with Crippen LogP contribution in [-0.2, 0) is 4.74 Å². The summed E-state index contributed by atoms with van der Waals surface area (Å²) < 4.78 is 11.8. The highest BCUT2D eigenvalue weighted by Crippen LogP contribution is 2.43. The van der Waals surface area contributed by atoms with Gasteiger partial charge in [-0.2, -0.15) is 0 Å². The molecule has 1 atom stereocenters. The van der Waals surface area contributed by atoms with Gasteiger partial charge < -0.3 is 19.5 Å². The van der Waals surface area contributed by atoms with Crippen molar-refractivity contribution in [1.29, 1.82) is 0 Å². The van der Waals surface area contributed by atoms with E-state index in [1.165, 1.54) is 31.9 Å². The quantitative estimate of drug-likeness (QED) is 0.790. The highest BCUT2D eigenvalue weighted by atomic mass is 16.6. The van der Waals surface area contributed by atoms with Crippen LogP contribution in [0.25, 0.3) is 0 Å². The first-order chi connectivity index (χ1) is 9.67. The summed E-state index contributed by atoms with van der Waals surface area (Å²) >= 11 is 0. The van der Waals surface area contributed by atoms with Crippen molar-refractivity contribution in [1.82, 2.24) is 4.98 Å². The molecule has 3 rings (SSSR count).